The minimum absolute atomic E-state index is 0.522. The molecule has 1 aromatic carbocycles. The van der Waals surface area contributed by atoms with Gasteiger partial charge in [-0.2, -0.15) is 5.26 Å². The van der Waals surface area contributed by atoms with Crippen molar-refractivity contribution in [3.63, 3.8) is 0 Å². The molecule has 92 valence electrons. The lowest BCUT2D eigenvalue weighted by atomic mass is 10.2. The second-order valence-corrected chi connectivity index (χ2v) is 5.67. The van der Waals surface area contributed by atoms with Crippen LogP contribution in [0, 0.1) is 11.3 Å². The summed E-state index contributed by atoms with van der Waals surface area (Å²) in [6.07, 6.45) is 0.522. The van der Waals surface area contributed by atoms with Crippen molar-refractivity contribution in [1.29, 1.82) is 5.26 Å². The fourth-order valence-electron chi connectivity index (χ4n) is 1.75. The minimum atomic E-state index is 0.522. The monoisotopic (exact) mass is 276 g/mol. The van der Waals surface area contributed by atoms with Gasteiger partial charge in [-0.15, -0.1) is 11.3 Å². The number of hydrogen-bond donors (Lipinski definition) is 0. The van der Waals surface area contributed by atoms with Crippen molar-refractivity contribution in [3.8, 4) is 6.07 Å². The zero-order valence-corrected chi connectivity index (χ0v) is 11.4. The Bertz CT molecular complexity index is 530. The van der Waals surface area contributed by atoms with Gasteiger partial charge in [0, 0.05) is 17.1 Å². The first kappa shape index (κ1) is 12.9. The van der Waals surface area contributed by atoms with Crippen molar-refractivity contribution >= 4 is 28.6 Å². The molecule has 2 aromatic rings. The van der Waals surface area contributed by atoms with Crippen LogP contribution in [0.5, 0.6) is 0 Å². The average molecular weight is 277 g/mol. The van der Waals surface area contributed by atoms with Crippen LogP contribution >= 0.6 is 22.9 Å². The van der Waals surface area contributed by atoms with Crippen LogP contribution in [0.4, 0.5) is 5.69 Å². The molecule has 0 radical (unpaired) electrons. The van der Waals surface area contributed by atoms with E-state index in [-0.39, 0.29) is 0 Å². The van der Waals surface area contributed by atoms with Gasteiger partial charge < -0.3 is 4.90 Å². The Labute approximate surface area is 116 Å². The van der Waals surface area contributed by atoms with Crippen molar-refractivity contribution in [1.82, 2.24) is 0 Å². The lowest BCUT2D eigenvalue weighted by Gasteiger charge is -2.23. The number of para-hydroxylation sites is 1. The molecule has 0 saturated heterocycles. The Kier molecular flexibility index (Phi) is 4.63. The van der Waals surface area contributed by atoms with Gasteiger partial charge in [-0.1, -0.05) is 29.8 Å². The van der Waals surface area contributed by atoms with Gasteiger partial charge in [0.05, 0.1) is 23.4 Å². The summed E-state index contributed by atoms with van der Waals surface area (Å²) in [5.74, 6) is 0. The van der Waals surface area contributed by atoms with Gasteiger partial charge >= 0.3 is 0 Å². The normalized spacial score (nSPS) is 10.0. The third kappa shape index (κ3) is 3.49. The summed E-state index contributed by atoms with van der Waals surface area (Å²) in [4.78, 5) is 3.41. The highest BCUT2D eigenvalue weighted by Gasteiger charge is 2.08. The molecule has 0 atom stereocenters. The number of nitriles is 1. The highest BCUT2D eigenvalue weighted by atomic mass is 35.5. The van der Waals surface area contributed by atoms with Gasteiger partial charge in [-0.3, -0.25) is 0 Å². The molecule has 0 unspecified atom stereocenters. The largest absolute Gasteiger partial charge is 0.365 e. The first-order valence-corrected chi connectivity index (χ1v) is 6.90. The SMILES string of the molecule is N#CCCN(Cc1ccc(Cl)s1)c1ccccc1. The number of hydrogen-bond acceptors (Lipinski definition) is 3. The molecule has 0 aliphatic carbocycles. The van der Waals surface area contributed by atoms with Crippen molar-refractivity contribution in [2.75, 3.05) is 11.4 Å². The van der Waals surface area contributed by atoms with E-state index in [0.29, 0.717) is 6.42 Å². The number of rotatable bonds is 5. The molecule has 0 N–H and O–H groups in total. The molecule has 0 aliphatic rings. The van der Waals surface area contributed by atoms with Crippen molar-refractivity contribution in [3.05, 3.63) is 51.7 Å². The molecule has 18 heavy (non-hydrogen) atoms. The van der Waals surface area contributed by atoms with Crippen molar-refractivity contribution < 1.29 is 0 Å². The Hall–Kier alpha value is -1.50. The number of halogens is 1. The van der Waals surface area contributed by atoms with Gasteiger partial charge in [0.1, 0.15) is 0 Å². The first-order valence-electron chi connectivity index (χ1n) is 5.71. The van der Waals surface area contributed by atoms with Gasteiger partial charge in [0.2, 0.25) is 0 Å². The number of benzene rings is 1. The second kappa shape index (κ2) is 6.44. The standard InChI is InChI=1S/C14H13ClN2S/c15-14-8-7-13(18-14)11-17(10-4-9-16)12-5-2-1-3-6-12/h1-3,5-8H,4,10-11H2. The summed E-state index contributed by atoms with van der Waals surface area (Å²) in [6.45, 7) is 1.53. The molecule has 0 bridgehead atoms. The van der Waals surface area contributed by atoms with E-state index >= 15 is 0 Å². The zero-order valence-electron chi connectivity index (χ0n) is 9.84. The molecule has 1 heterocycles. The highest BCUT2D eigenvalue weighted by Crippen LogP contribution is 2.25. The van der Waals surface area contributed by atoms with E-state index in [2.05, 4.69) is 23.1 Å². The quantitative estimate of drug-likeness (QED) is 0.813. The molecule has 0 spiro atoms. The molecule has 0 aliphatic heterocycles. The molecule has 2 nitrogen and oxygen atoms in total. The zero-order chi connectivity index (χ0) is 12.8. The van der Waals surface area contributed by atoms with Gasteiger partial charge in [0.25, 0.3) is 0 Å². The molecule has 0 fully saturated rings. The van der Waals surface area contributed by atoms with Crippen LogP contribution < -0.4 is 4.90 Å². The molecular weight excluding hydrogens is 264 g/mol. The summed E-state index contributed by atoms with van der Waals surface area (Å²) in [7, 11) is 0. The lowest BCUT2D eigenvalue weighted by Crippen LogP contribution is -2.23. The Morgan fingerprint density at radius 3 is 2.56 bits per heavy atom. The highest BCUT2D eigenvalue weighted by molar-refractivity contribution is 7.16. The van der Waals surface area contributed by atoms with E-state index < -0.39 is 0 Å². The summed E-state index contributed by atoms with van der Waals surface area (Å²) in [5.41, 5.74) is 1.14. The molecule has 4 heteroatoms. The van der Waals surface area contributed by atoms with Gasteiger partial charge in [0.15, 0.2) is 0 Å². The first-order chi connectivity index (χ1) is 8.79. The predicted molar refractivity (Wildman–Crippen MR) is 77.1 cm³/mol. The van der Waals surface area contributed by atoms with Crippen LogP contribution in [0.1, 0.15) is 11.3 Å². The van der Waals surface area contributed by atoms with E-state index in [1.165, 1.54) is 4.88 Å². The maximum Gasteiger partial charge on any atom is 0.0931 e. The van der Waals surface area contributed by atoms with Crippen LogP contribution in [-0.2, 0) is 6.54 Å². The smallest absolute Gasteiger partial charge is 0.0931 e. The average Bonchev–Trinajstić information content (AvgIpc) is 2.81. The van der Waals surface area contributed by atoms with E-state index in [0.717, 1.165) is 23.1 Å². The maximum absolute atomic E-state index is 8.74. The minimum Gasteiger partial charge on any atom is -0.365 e. The summed E-state index contributed by atoms with van der Waals surface area (Å²) >= 11 is 7.53. The predicted octanol–water partition coefficient (Wildman–Crippen LogP) is 4.32. The van der Waals surface area contributed by atoms with Crippen LogP contribution in [0.25, 0.3) is 0 Å². The summed E-state index contributed by atoms with van der Waals surface area (Å²) in [6, 6.07) is 16.3. The fraction of sp³-hybridized carbons (Fsp3) is 0.214. The van der Waals surface area contributed by atoms with E-state index in [4.69, 9.17) is 16.9 Å². The van der Waals surface area contributed by atoms with E-state index in [1.807, 2.05) is 30.3 Å². The van der Waals surface area contributed by atoms with Gasteiger partial charge in [-0.05, 0) is 24.3 Å². The van der Waals surface area contributed by atoms with Crippen LogP contribution in [0.2, 0.25) is 4.34 Å². The van der Waals surface area contributed by atoms with Crippen molar-refractivity contribution in [2.45, 2.75) is 13.0 Å². The van der Waals surface area contributed by atoms with Crippen LogP contribution in [-0.4, -0.2) is 6.54 Å². The molecule has 0 saturated carbocycles. The van der Waals surface area contributed by atoms with E-state index in [9.17, 15) is 0 Å². The number of anilines is 1. The Morgan fingerprint density at radius 1 is 1.17 bits per heavy atom. The number of nitrogens with zero attached hydrogens (tertiary/aromatic N) is 2. The third-order valence-electron chi connectivity index (χ3n) is 2.59. The molecular formula is C14H13ClN2S. The summed E-state index contributed by atoms with van der Waals surface area (Å²) in [5, 5.41) is 8.74. The fourth-order valence-corrected chi connectivity index (χ4v) is 2.85. The van der Waals surface area contributed by atoms with Crippen LogP contribution in [0.3, 0.4) is 0 Å². The lowest BCUT2D eigenvalue weighted by molar-refractivity contribution is 0.806. The maximum atomic E-state index is 8.74. The molecule has 0 amide bonds. The summed E-state index contributed by atoms with van der Waals surface area (Å²) < 4.78 is 0.804. The van der Waals surface area contributed by atoms with Crippen molar-refractivity contribution in [2.24, 2.45) is 0 Å². The Morgan fingerprint density at radius 2 is 1.94 bits per heavy atom. The Balaban J connectivity index is 2.13. The third-order valence-corrected chi connectivity index (χ3v) is 3.81. The van der Waals surface area contributed by atoms with E-state index in [1.54, 1.807) is 11.3 Å². The topological polar surface area (TPSA) is 27.0 Å². The molecule has 2 rings (SSSR count). The van der Waals surface area contributed by atoms with Gasteiger partial charge in [-0.25, -0.2) is 0 Å². The second-order valence-electron chi connectivity index (χ2n) is 3.87. The number of thiophene rings is 1. The van der Waals surface area contributed by atoms with Crippen LogP contribution in [0.15, 0.2) is 42.5 Å². The molecule has 1 aromatic heterocycles.